The van der Waals surface area contributed by atoms with Gasteiger partial charge in [-0.15, -0.1) is 0 Å². The molecule has 0 bridgehead atoms. The average molecular weight is 524 g/mol. The Morgan fingerprint density at radius 1 is 1.18 bits per heavy atom. The van der Waals surface area contributed by atoms with Crippen molar-refractivity contribution in [2.24, 2.45) is 0 Å². The van der Waals surface area contributed by atoms with Crippen LogP contribution >= 0.6 is 0 Å². The molecule has 0 atom stereocenters. The molecule has 0 radical (unpaired) electrons. The third-order valence-electron chi connectivity index (χ3n) is 6.94. The Kier molecular flexibility index (Phi) is 9.79. The highest BCUT2D eigenvalue weighted by Gasteiger charge is 2.27. The second kappa shape index (κ2) is 12.8. The number of piperidine rings is 1. The van der Waals surface area contributed by atoms with Crippen LogP contribution in [0.25, 0.3) is 11.0 Å². The minimum atomic E-state index is -0.181. The van der Waals surface area contributed by atoms with Crippen molar-refractivity contribution in [3.8, 4) is 0 Å². The minimum Gasteiger partial charge on any atom is -0.348 e. The van der Waals surface area contributed by atoms with Gasteiger partial charge in [-0.1, -0.05) is 5.57 Å². The fourth-order valence-electron chi connectivity index (χ4n) is 4.64. The van der Waals surface area contributed by atoms with Crippen LogP contribution in [0.2, 0.25) is 0 Å². The number of pyridine rings is 1. The molecule has 1 saturated heterocycles. The van der Waals surface area contributed by atoms with E-state index in [4.69, 9.17) is 4.98 Å². The van der Waals surface area contributed by atoms with Gasteiger partial charge in [0.15, 0.2) is 5.65 Å². The van der Waals surface area contributed by atoms with Gasteiger partial charge in [-0.2, -0.15) is 5.10 Å². The second-order valence-corrected chi connectivity index (χ2v) is 10.6. The van der Waals surface area contributed by atoms with Gasteiger partial charge in [0.2, 0.25) is 12.3 Å². The summed E-state index contributed by atoms with van der Waals surface area (Å²) in [4.78, 5) is 45.4. The highest BCUT2D eigenvalue weighted by Crippen LogP contribution is 2.31. The number of allylic oxidation sites excluding steroid dienone is 3. The summed E-state index contributed by atoms with van der Waals surface area (Å²) < 4.78 is 1.86. The molecule has 1 aliphatic heterocycles. The highest BCUT2D eigenvalue weighted by atomic mass is 16.2. The molecule has 0 saturated carbocycles. The van der Waals surface area contributed by atoms with Crippen LogP contribution in [0.5, 0.6) is 0 Å². The summed E-state index contributed by atoms with van der Waals surface area (Å²) >= 11 is 0. The van der Waals surface area contributed by atoms with Crippen molar-refractivity contribution in [1.29, 1.82) is 0 Å². The molecule has 10 nitrogen and oxygen atoms in total. The molecule has 3 rings (SSSR count). The van der Waals surface area contributed by atoms with Gasteiger partial charge >= 0.3 is 0 Å². The van der Waals surface area contributed by atoms with Crippen molar-refractivity contribution < 1.29 is 14.4 Å². The van der Waals surface area contributed by atoms with Gasteiger partial charge in [0.25, 0.3) is 5.91 Å². The van der Waals surface area contributed by atoms with Crippen LogP contribution in [0.4, 0.5) is 0 Å². The minimum absolute atomic E-state index is 0.0968. The number of nitrogens with one attached hydrogen (secondary N) is 2. The zero-order valence-corrected chi connectivity index (χ0v) is 23.7. The van der Waals surface area contributed by atoms with Crippen LogP contribution < -0.4 is 10.6 Å². The molecule has 3 amide bonds. The summed E-state index contributed by atoms with van der Waals surface area (Å²) in [6.45, 7) is 11.9. The van der Waals surface area contributed by atoms with Crippen LogP contribution in [-0.2, 0) is 9.59 Å². The third-order valence-corrected chi connectivity index (χ3v) is 6.94. The predicted molar refractivity (Wildman–Crippen MR) is 149 cm³/mol. The quantitative estimate of drug-likeness (QED) is 0.366. The average Bonchev–Trinajstić information content (AvgIpc) is 3.30. The van der Waals surface area contributed by atoms with Crippen molar-refractivity contribution >= 4 is 29.3 Å². The van der Waals surface area contributed by atoms with Crippen LogP contribution in [-0.4, -0.2) is 83.1 Å². The Morgan fingerprint density at radius 2 is 1.87 bits per heavy atom. The molecule has 38 heavy (non-hydrogen) atoms. The summed E-state index contributed by atoms with van der Waals surface area (Å²) in [6.07, 6.45) is 5.84. The van der Waals surface area contributed by atoms with E-state index in [9.17, 15) is 14.4 Å². The van der Waals surface area contributed by atoms with Crippen LogP contribution in [0, 0.1) is 0 Å². The summed E-state index contributed by atoms with van der Waals surface area (Å²) in [5, 5.41) is 10.9. The number of carbonyl (C=O) groups is 3. The lowest BCUT2D eigenvalue weighted by molar-refractivity contribution is -0.132. The lowest BCUT2D eigenvalue weighted by atomic mass is 9.91. The smallest absolute Gasteiger partial charge is 0.252 e. The van der Waals surface area contributed by atoms with Gasteiger partial charge in [0.05, 0.1) is 23.7 Å². The van der Waals surface area contributed by atoms with E-state index in [1.165, 1.54) is 0 Å². The number of carbonyl (C=O) groups excluding carboxylic acids is 3. The van der Waals surface area contributed by atoms with E-state index < -0.39 is 0 Å². The molecule has 206 valence electrons. The maximum Gasteiger partial charge on any atom is 0.252 e. The lowest BCUT2D eigenvalue weighted by Crippen LogP contribution is -2.42. The molecule has 2 aromatic heterocycles. The van der Waals surface area contributed by atoms with Gasteiger partial charge in [-0.05, 0) is 79.3 Å². The second-order valence-electron chi connectivity index (χ2n) is 10.6. The number of rotatable bonds is 10. The fraction of sp³-hybridized carbons (Fsp3) is 0.536. The van der Waals surface area contributed by atoms with Gasteiger partial charge in [0, 0.05) is 43.0 Å². The van der Waals surface area contributed by atoms with Crippen molar-refractivity contribution in [3.05, 3.63) is 46.4 Å². The zero-order chi connectivity index (χ0) is 28.0. The largest absolute Gasteiger partial charge is 0.348 e. The Labute approximate surface area is 225 Å². The van der Waals surface area contributed by atoms with Crippen molar-refractivity contribution in [2.75, 3.05) is 40.3 Å². The van der Waals surface area contributed by atoms with E-state index in [0.717, 1.165) is 40.8 Å². The van der Waals surface area contributed by atoms with E-state index >= 15 is 0 Å². The van der Waals surface area contributed by atoms with Gasteiger partial charge in [-0.3, -0.25) is 14.4 Å². The number of likely N-dealkylation sites (tertiary alicyclic amines) is 1. The van der Waals surface area contributed by atoms with Crippen LogP contribution in [0.3, 0.4) is 0 Å². The number of aromatic nitrogens is 3. The Bertz CT molecular complexity index is 1230. The summed E-state index contributed by atoms with van der Waals surface area (Å²) in [6, 6.07) is 2.00. The van der Waals surface area contributed by atoms with Gasteiger partial charge in [0.1, 0.15) is 0 Å². The number of likely N-dealkylation sites (N-methyl/N-ethyl adjacent to an activating group) is 1. The van der Waals surface area contributed by atoms with E-state index in [2.05, 4.69) is 15.7 Å². The van der Waals surface area contributed by atoms with E-state index in [-0.39, 0.29) is 23.8 Å². The fourth-order valence-corrected chi connectivity index (χ4v) is 4.64. The Balaban J connectivity index is 1.85. The topological polar surface area (TPSA) is 112 Å². The molecule has 0 unspecified atom stereocenters. The highest BCUT2D eigenvalue weighted by molar-refractivity contribution is 6.05. The van der Waals surface area contributed by atoms with Crippen LogP contribution in [0.1, 0.15) is 75.5 Å². The molecule has 0 spiro atoms. The first-order valence-electron chi connectivity index (χ1n) is 13.2. The number of hydrogen-bond donors (Lipinski definition) is 2. The first-order valence-corrected chi connectivity index (χ1v) is 13.2. The Morgan fingerprint density at radius 3 is 2.47 bits per heavy atom. The van der Waals surface area contributed by atoms with Crippen molar-refractivity contribution in [2.45, 2.75) is 59.4 Å². The summed E-state index contributed by atoms with van der Waals surface area (Å²) in [5.41, 5.74) is 4.83. The predicted octanol–water partition coefficient (Wildman–Crippen LogP) is 3.00. The van der Waals surface area contributed by atoms with E-state index in [1.807, 2.05) is 75.3 Å². The van der Waals surface area contributed by atoms with Crippen molar-refractivity contribution in [1.82, 2.24) is 35.2 Å². The number of hydrogen-bond acceptors (Lipinski definition) is 6. The van der Waals surface area contributed by atoms with E-state index in [1.54, 1.807) is 6.20 Å². The lowest BCUT2D eigenvalue weighted by Gasteiger charge is -2.32. The maximum absolute atomic E-state index is 13.4. The standard InChI is InChI=1S/C28H41N7O3/c1-18(2)35-27-24(15-31-35)23(28(38)29-14-20(4)19(3)12-21(5)30-17-36)13-25(32-27)22-8-10-34(11-9-22)26(37)16-33(6)7/h12-13,15,17-18,22H,8-11,14,16H2,1-7H3,(H,29,38)(H,30,36)/b20-19+,21-12-. The summed E-state index contributed by atoms with van der Waals surface area (Å²) in [5.74, 6) is 0.118. The first kappa shape index (κ1) is 29.0. The molecule has 10 heteroatoms. The zero-order valence-electron chi connectivity index (χ0n) is 23.7. The molecule has 0 aromatic carbocycles. The molecule has 3 heterocycles. The molecule has 0 aliphatic carbocycles. The maximum atomic E-state index is 13.4. The van der Waals surface area contributed by atoms with E-state index in [0.29, 0.717) is 43.8 Å². The first-order chi connectivity index (χ1) is 18.0. The molecular formula is C28H41N7O3. The molecule has 1 aliphatic rings. The van der Waals surface area contributed by atoms with Gasteiger partial charge < -0.3 is 20.4 Å². The van der Waals surface area contributed by atoms with Crippen LogP contribution in [0.15, 0.2) is 35.2 Å². The molecule has 1 fully saturated rings. The normalized spacial score (nSPS) is 15.7. The number of fused-ring (bicyclic) bond motifs is 1. The van der Waals surface area contributed by atoms with Crippen molar-refractivity contribution in [3.63, 3.8) is 0 Å². The molecular weight excluding hydrogens is 482 g/mol. The van der Waals surface area contributed by atoms with Gasteiger partial charge in [-0.25, -0.2) is 9.67 Å². The SMILES string of the molecule is C/C(=C/C(C)=C(\C)CNC(=O)c1cc(C2CCN(C(=O)CN(C)C)CC2)nc2c1cnn2C(C)C)NC=O. The number of nitrogens with zero attached hydrogens (tertiary/aromatic N) is 5. The summed E-state index contributed by atoms with van der Waals surface area (Å²) in [7, 11) is 3.80. The monoisotopic (exact) mass is 523 g/mol. The number of amides is 3. The molecule has 2 N–H and O–H groups in total. The third kappa shape index (κ3) is 7.06. The Hall–Kier alpha value is -3.53. The molecule has 2 aromatic rings.